The number of halogens is 3. The fourth-order valence-corrected chi connectivity index (χ4v) is 3.56. The number of ether oxygens (including phenoxy) is 1. The Balaban J connectivity index is 1.52. The predicted octanol–water partition coefficient (Wildman–Crippen LogP) is 4.43. The zero-order chi connectivity index (χ0) is 22.3. The molecule has 1 aliphatic carbocycles. The van der Waals surface area contributed by atoms with Gasteiger partial charge in [0.25, 0.3) is 5.91 Å². The van der Waals surface area contributed by atoms with Crippen molar-refractivity contribution in [1.82, 2.24) is 20.1 Å². The van der Waals surface area contributed by atoms with Gasteiger partial charge in [-0.25, -0.2) is 0 Å². The molecule has 164 valence electrons. The van der Waals surface area contributed by atoms with E-state index in [1.54, 1.807) is 7.05 Å². The summed E-state index contributed by atoms with van der Waals surface area (Å²) in [6.07, 6.45) is -2.95. The number of amides is 1. The maximum absolute atomic E-state index is 13.8. The van der Waals surface area contributed by atoms with E-state index in [0.717, 1.165) is 30.0 Å². The summed E-state index contributed by atoms with van der Waals surface area (Å²) in [6.45, 7) is 3.35. The Morgan fingerprint density at radius 3 is 2.58 bits per heavy atom. The number of hydrogen-bond acceptors (Lipinski definition) is 4. The van der Waals surface area contributed by atoms with E-state index in [2.05, 4.69) is 15.4 Å². The summed E-state index contributed by atoms with van der Waals surface area (Å²) in [5.74, 6) is -0.678. The van der Waals surface area contributed by atoms with Crippen LogP contribution in [0.15, 0.2) is 30.3 Å². The summed E-state index contributed by atoms with van der Waals surface area (Å²) in [7, 11) is 1.56. The highest BCUT2D eigenvalue weighted by Crippen LogP contribution is 2.46. The number of rotatable bonds is 6. The largest absolute Gasteiger partial charge is 0.467 e. The molecule has 4 rings (SSSR count). The third kappa shape index (κ3) is 4.50. The van der Waals surface area contributed by atoms with E-state index in [-0.39, 0.29) is 28.9 Å². The van der Waals surface area contributed by atoms with Gasteiger partial charge in [0, 0.05) is 19.0 Å². The van der Waals surface area contributed by atoms with Crippen LogP contribution in [0.25, 0.3) is 11.0 Å². The molecule has 6 nitrogen and oxygen atoms in total. The lowest BCUT2D eigenvalue weighted by Crippen LogP contribution is -2.31. The number of aryl methyl sites for hydroxylation is 2. The predicted molar refractivity (Wildman–Crippen MR) is 109 cm³/mol. The van der Waals surface area contributed by atoms with Gasteiger partial charge in [-0.05, 0) is 32.3 Å². The van der Waals surface area contributed by atoms with Gasteiger partial charge < -0.3 is 10.1 Å². The number of carbonyl (C=O) groups is 1. The minimum Gasteiger partial charge on any atom is -0.467 e. The van der Waals surface area contributed by atoms with Crippen LogP contribution in [0.3, 0.4) is 0 Å². The monoisotopic (exact) mass is 432 g/mol. The highest BCUT2D eigenvalue weighted by Gasteiger charge is 2.39. The van der Waals surface area contributed by atoms with Gasteiger partial charge in [-0.15, -0.1) is 0 Å². The van der Waals surface area contributed by atoms with Crippen LogP contribution >= 0.6 is 0 Å². The Hall–Kier alpha value is -3.10. The van der Waals surface area contributed by atoms with E-state index in [9.17, 15) is 18.0 Å². The summed E-state index contributed by atoms with van der Waals surface area (Å²) in [5, 5.41) is 7.05. The first kappa shape index (κ1) is 21.1. The second-order valence-electron chi connectivity index (χ2n) is 7.98. The van der Waals surface area contributed by atoms with E-state index in [1.807, 2.05) is 38.1 Å². The normalized spacial score (nSPS) is 15.2. The van der Waals surface area contributed by atoms with Crippen molar-refractivity contribution in [2.45, 2.75) is 44.8 Å². The van der Waals surface area contributed by atoms with E-state index in [4.69, 9.17) is 4.74 Å². The Morgan fingerprint density at radius 2 is 1.97 bits per heavy atom. The van der Waals surface area contributed by atoms with E-state index >= 15 is 0 Å². The van der Waals surface area contributed by atoms with Gasteiger partial charge in [0.2, 0.25) is 5.88 Å². The molecule has 0 saturated heterocycles. The Morgan fingerprint density at radius 1 is 1.29 bits per heavy atom. The van der Waals surface area contributed by atoms with Crippen LogP contribution in [-0.2, 0) is 18.0 Å². The average molecular weight is 432 g/mol. The maximum Gasteiger partial charge on any atom is 0.417 e. The molecule has 0 spiro atoms. The summed E-state index contributed by atoms with van der Waals surface area (Å²) in [4.78, 5) is 16.5. The van der Waals surface area contributed by atoms with Gasteiger partial charge in [-0.1, -0.05) is 29.8 Å². The van der Waals surface area contributed by atoms with Crippen LogP contribution in [0, 0.1) is 6.92 Å². The van der Waals surface area contributed by atoms with Gasteiger partial charge in [-0.3, -0.25) is 9.48 Å². The third-order valence-electron chi connectivity index (χ3n) is 5.37. The van der Waals surface area contributed by atoms with Crippen LogP contribution in [0.4, 0.5) is 13.2 Å². The van der Waals surface area contributed by atoms with Crippen LogP contribution in [0.1, 0.15) is 54.1 Å². The fourth-order valence-electron chi connectivity index (χ4n) is 3.56. The van der Waals surface area contributed by atoms with Crippen molar-refractivity contribution >= 4 is 16.9 Å². The highest BCUT2D eigenvalue weighted by molar-refractivity contribution is 5.84. The molecule has 0 unspecified atom stereocenters. The van der Waals surface area contributed by atoms with Crippen molar-refractivity contribution in [2.24, 2.45) is 7.05 Å². The van der Waals surface area contributed by atoms with Crippen LogP contribution in [-0.4, -0.2) is 27.3 Å². The van der Waals surface area contributed by atoms with Gasteiger partial charge in [-0.2, -0.15) is 23.3 Å². The number of carbonyl (C=O) groups excluding carboxylic acids is 1. The molecule has 1 saturated carbocycles. The van der Waals surface area contributed by atoms with Gasteiger partial charge in [0.1, 0.15) is 0 Å². The smallest absolute Gasteiger partial charge is 0.417 e. The van der Waals surface area contributed by atoms with Crippen molar-refractivity contribution < 1.29 is 22.7 Å². The molecule has 0 radical (unpaired) electrons. The lowest BCUT2D eigenvalue weighted by molar-refractivity contribution is -0.136. The SMILES string of the molecule is Cc1ccc([C@H](C)NC(=O)COc2cc(C(F)(F)F)c3c(C4CC4)nn(C)c3n2)cc1. The van der Waals surface area contributed by atoms with Crippen LogP contribution in [0.2, 0.25) is 0 Å². The zero-order valence-corrected chi connectivity index (χ0v) is 17.5. The topological polar surface area (TPSA) is 69.0 Å². The minimum atomic E-state index is -4.59. The summed E-state index contributed by atoms with van der Waals surface area (Å²) in [5.41, 5.74) is 1.71. The molecule has 2 heterocycles. The number of nitrogens with one attached hydrogen (secondary N) is 1. The van der Waals surface area contributed by atoms with E-state index in [0.29, 0.717) is 5.69 Å². The molecule has 1 aliphatic rings. The lowest BCUT2D eigenvalue weighted by Gasteiger charge is -2.15. The number of aromatic nitrogens is 3. The molecule has 31 heavy (non-hydrogen) atoms. The fraction of sp³-hybridized carbons (Fsp3) is 0.409. The van der Waals surface area contributed by atoms with Gasteiger partial charge in [0.15, 0.2) is 12.3 Å². The number of alkyl halides is 3. The van der Waals surface area contributed by atoms with Crippen LogP contribution < -0.4 is 10.1 Å². The highest BCUT2D eigenvalue weighted by atomic mass is 19.4. The van der Waals surface area contributed by atoms with Crippen molar-refractivity contribution in [3.8, 4) is 5.88 Å². The summed E-state index contributed by atoms with van der Waals surface area (Å²) in [6, 6.07) is 8.28. The summed E-state index contributed by atoms with van der Waals surface area (Å²) < 4.78 is 48.0. The second kappa shape index (κ2) is 7.86. The van der Waals surface area contributed by atoms with Gasteiger partial charge in [0.05, 0.1) is 22.7 Å². The Bertz CT molecular complexity index is 1120. The molecule has 0 bridgehead atoms. The van der Waals surface area contributed by atoms with E-state index < -0.39 is 24.3 Å². The molecule has 1 atom stereocenters. The Kier molecular flexibility index (Phi) is 5.36. The van der Waals surface area contributed by atoms with Crippen molar-refractivity contribution in [2.75, 3.05) is 6.61 Å². The molecule has 2 aromatic heterocycles. The molecule has 1 fully saturated rings. The van der Waals surface area contributed by atoms with Gasteiger partial charge >= 0.3 is 6.18 Å². The number of benzene rings is 1. The molecule has 9 heteroatoms. The first-order chi connectivity index (χ1) is 14.6. The summed E-state index contributed by atoms with van der Waals surface area (Å²) >= 11 is 0. The minimum absolute atomic E-state index is 0.0160. The number of fused-ring (bicyclic) bond motifs is 1. The molecule has 1 amide bonds. The molecule has 0 aliphatic heterocycles. The first-order valence-corrected chi connectivity index (χ1v) is 10.1. The quantitative estimate of drug-likeness (QED) is 0.626. The number of hydrogen-bond donors (Lipinski definition) is 1. The van der Waals surface area contributed by atoms with Crippen molar-refractivity contribution in [3.63, 3.8) is 0 Å². The lowest BCUT2D eigenvalue weighted by atomic mass is 10.1. The van der Waals surface area contributed by atoms with Crippen molar-refractivity contribution in [1.29, 1.82) is 0 Å². The Labute approximate surface area is 177 Å². The standard InChI is InChI=1S/C22H23F3N4O2/c1-12-4-6-14(7-5-12)13(2)26-17(30)11-31-18-10-16(22(23,24)25)19-20(15-8-9-15)28-29(3)21(19)27-18/h4-7,10,13,15H,8-9,11H2,1-3H3,(H,26,30)/t13-/m0/s1. The maximum atomic E-state index is 13.8. The molecule has 1 aromatic carbocycles. The molecule has 3 aromatic rings. The number of nitrogens with zero attached hydrogens (tertiary/aromatic N) is 3. The second-order valence-corrected chi connectivity index (χ2v) is 7.98. The molecule has 1 N–H and O–H groups in total. The number of pyridine rings is 1. The zero-order valence-electron chi connectivity index (χ0n) is 17.5. The molecular formula is C22H23F3N4O2. The average Bonchev–Trinajstić information content (AvgIpc) is 3.50. The molecular weight excluding hydrogens is 409 g/mol. The first-order valence-electron chi connectivity index (χ1n) is 10.1. The van der Waals surface area contributed by atoms with Crippen molar-refractivity contribution in [3.05, 3.63) is 52.7 Å². The third-order valence-corrected chi connectivity index (χ3v) is 5.37. The van der Waals surface area contributed by atoms with E-state index in [1.165, 1.54) is 4.68 Å². The van der Waals surface area contributed by atoms with Crippen LogP contribution in [0.5, 0.6) is 5.88 Å².